The molecular formula is C9H11ClN4. The molecule has 0 bridgehead atoms. The molecule has 74 valence electrons. The molecule has 5 heteroatoms. The van der Waals surface area contributed by atoms with Crippen molar-refractivity contribution >= 4 is 17.2 Å². The molecule has 1 atom stereocenters. The van der Waals surface area contributed by atoms with Gasteiger partial charge in [-0.05, 0) is 6.07 Å². The average Bonchev–Trinajstić information content (AvgIpc) is 2.59. The largest absolute Gasteiger partial charge is 0.330 e. The smallest absolute Gasteiger partial charge is 0.157 e. The van der Waals surface area contributed by atoms with Gasteiger partial charge in [-0.1, -0.05) is 18.5 Å². The third kappa shape index (κ3) is 1.58. The molecular weight excluding hydrogens is 200 g/mol. The summed E-state index contributed by atoms with van der Waals surface area (Å²) in [5, 5.41) is 4.96. The first-order valence-corrected chi connectivity index (χ1v) is 4.80. The van der Waals surface area contributed by atoms with Crippen LogP contribution in [0.4, 0.5) is 0 Å². The first-order chi connectivity index (χ1) is 6.70. The Morgan fingerprint density at radius 1 is 1.64 bits per heavy atom. The second kappa shape index (κ2) is 3.55. The summed E-state index contributed by atoms with van der Waals surface area (Å²) in [6.07, 6.45) is 1.79. The van der Waals surface area contributed by atoms with E-state index in [0.717, 1.165) is 11.5 Å². The molecule has 2 N–H and O–H groups in total. The van der Waals surface area contributed by atoms with Crippen molar-refractivity contribution in [3.05, 3.63) is 29.2 Å². The molecule has 2 aromatic heterocycles. The Bertz CT molecular complexity index is 451. The highest BCUT2D eigenvalue weighted by molar-refractivity contribution is 6.30. The summed E-state index contributed by atoms with van der Waals surface area (Å²) in [5.41, 5.74) is 6.30. The predicted molar refractivity (Wildman–Crippen MR) is 55.5 cm³/mol. The second-order valence-electron chi connectivity index (χ2n) is 3.25. The van der Waals surface area contributed by atoms with Crippen LogP contribution in [0.15, 0.2) is 18.3 Å². The van der Waals surface area contributed by atoms with Crippen LogP contribution in [-0.4, -0.2) is 21.1 Å². The van der Waals surface area contributed by atoms with Gasteiger partial charge in [0.1, 0.15) is 0 Å². The lowest BCUT2D eigenvalue weighted by Gasteiger charge is -1.99. The molecule has 14 heavy (non-hydrogen) atoms. The van der Waals surface area contributed by atoms with E-state index in [1.807, 2.05) is 6.92 Å². The maximum absolute atomic E-state index is 5.84. The van der Waals surface area contributed by atoms with Crippen molar-refractivity contribution in [1.82, 2.24) is 14.6 Å². The van der Waals surface area contributed by atoms with Gasteiger partial charge >= 0.3 is 0 Å². The van der Waals surface area contributed by atoms with Crippen LogP contribution in [0.5, 0.6) is 0 Å². The fourth-order valence-electron chi connectivity index (χ4n) is 1.19. The van der Waals surface area contributed by atoms with Gasteiger partial charge in [-0.25, -0.2) is 9.50 Å². The first kappa shape index (κ1) is 9.43. The van der Waals surface area contributed by atoms with E-state index < -0.39 is 0 Å². The van der Waals surface area contributed by atoms with Gasteiger partial charge in [0.25, 0.3) is 0 Å². The van der Waals surface area contributed by atoms with Crippen LogP contribution in [-0.2, 0) is 0 Å². The molecule has 4 nitrogen and oxygen atoms in total. The Hall–Kier alpha value is -1.13. The zero-order valence-electron chi connectivity index (χ0n) is 7.81. The Morgan fingerprint density at radius 3 is 3.14 bits per heavy atom. The van der Waals surface area contributed by atoms with Gasteiger partial charge in [0.15, 0.2) is 11.5 Å². The summed E-state index contributed by atoms with van der Waals surface area (Å²) in [6, 6.07) is 3.56. The van der Waals surface area contributed by atoms with E-state index >= 15 is 0 Å². The third-order valence-corrected chi connectivity index (χ3v) is 2.35. The summed E-state index contributed by atoms with van der Waals surface area (Å²) >= 11 is 5.84. The summed E-state index contributed by atoms with van der Waals surface area (Å²) in [4.78, 5) is 4.33. The number of nitrogens with zero attached hydrogens (tertiary/aromatic N) is 3. The molecule has 2 rings (SSSR count). The molecule has 0 radical (unpaired) electrons. The van der Waals surface area contributed by atoms with Gasteiger partial charge in [-0.3, -0.25) is 0 Å². The van der Waals surface area contributed by atoms with E-state index in [1.54, 1.807) is 22.8 Å². The monoisotopic (exact) mass is 210 g/mol. The normalized spacial score (nSPS) is 13.4. The number of rotatable bonds is 2. The highest BCUT2D eigenvalue weighted by Crippen LogP contribution is 2.14. The quantitative estimate of drug-likeness (QED) is 0.816. The van der Waals surface area contributed by atoms with E-state index in [-0.39, 0.29) is 5.92 Å². The molecule has 0 fully saturated rings. The summed E-state index contributed by atoms with van der Waals surface area (Å²) in [5.74, 6) is 0.934. The molecule has 0 saturated heterocycles. The standard InChI is InChI=1S/C9H11ClN4/c1-6(5-11)9-12-8-4-7(10)2-3-14(8)13-9/h2-4,6H,5,11H2,1H3. The fraction of sp³-hybridized carbons (Fsp3) is 0.333. The molecule has 0 aliphatic rings. The summed E-state index contributed by atoms with van der Waals surface area (Å²) in [6.45, 7) is 2.54. The number of nitrogens with two attached hydrogens (primary N) is 1. The van der Waals surface area contributed by atoms with Crippen molar-refractivity contribution in [3.8, 4) is 0 Å². The average molecular weight is 211 g/mol. The summed E-state index contributed by atoms with van der Waals surface area (Å²) < 4.78 is 1.70. The molecule has 2 heterocycles. The minimum Gasteiger partial charge on any atom is -0.330 e. The topological polar surface area (TPSA) is 56.2 Å². The molecule has 2 aromatic rings. The maximum Gasteiger partial charge on any atom is 0.157 e. The second-order valence-corrected chi connectivity index (χ2v) is 3.69. The fourth-order valence-corrected chi connectivity index (χ4v) is 1.34. The van der Waals surface area contributed by atoms with Crippen molar-refractivity contribution in [2.24, 2.45) is 5.73 Å². The molecule has 0 amide bonds. The van der Waals surface area contributed by atoms with E-state index in [2.05, 4.69) is 10.1 Å². The molecule has 0 spiro atoms. The van der Waals surface area contributed by atoms with Crippen LogP contribution in [0.1, 0.15) is 18.7 Å². The number of fused-ring (bicyclic) bond motifs is 1. The lowest BCUT2D eigenvalue weighted by atomic mass is 10.2. The Morgan fingerprint density at radius 2 is 2.43 bits per heavy atom. The van der Waals surface area contributed by atoms with Crippen molar-refractivity contribution < 1.29 is 0 Å². The summed E-state index contributed by atoms with van der Waals surface area (Å²) in [7, 11) is 0. The Kier molecular flexibility index (Phi) is 2.39. The minimum absolute atomic E-state index is 0.175. The van der Waals surface area contributed by atoms with Gasteiger partial charge in [-0.2, -0.15) is 5.10 Å². The maximum atomic E-state index is 5.84. The van der Waals surface area contributed by atoms with Crippen LogP contribution >= 0.6 is 11.6 Å². The van der Waals surface area contributed by atoms with Crippen LogP contribution in [0, 0.1) is 0 Å². The third-order valence-electron chi connectivity index (χ3n) is 2.11. The molecule has 0 aliphatic carbocycles. The zero-order valence-corrected chi connectivity index (χ0v) is 8.57. The van der Waals surface area contributed by atoms with Crippen molar-refractivity contribution in [2.75, 3.05) is 6.54 Å². The van der Waals surface area contributed by atoms with Crippen LogP contribution in [0.25, 0.3) is 5.65 Å². The molecule has 1 unspecified atom stereocenters. The lowest BCUT2D eigenvalue weighted by molar-refractivity contribution is 0.708. The van der Waals surface area contributed by atoms with Crippen LogP contribution in [0.2, 0.25) is 5.02 Å². The number of hydrogen-bond acceptors (Lipinski definition) is 3. The van der Waals surface area contributed by atoms with Gasteiger partial charge < -0.3 is 5.73 Å². The van der Waals surface area contributed by atoms with E-state index in [1.165, 1.54) is 0 Å². The Labute approximate surface area is 86.7 Å². The van der Waals surface area contributed by atoms with Gasteiger partial charge in [-0.15, -0.1) is 0 Å². The van der Waals surface area contributed by atoms with Crippen molar-refractivity contribution in [2.45, 2.75) is 12.8 Å². The van der Waals surface area contributed by atoms with E-state index in [9.17, 15) is 0 Å². The molecule has 0 aromatic carbocycles. The highest BCUT2D eigenvalue weighted by Gasteiger charge is 2.09. The number of aromatic nitrogens is 3. The van der Waals surface area contributed by atoms with Crippen molar-refractivity contribution in [3.63, 3.8) is 0 Å². The zero-order chi connectivity index (χ0) is 10.1. The van der Waals surface area contributed by atoms with E-state index in [4.69, 9.17) is 17.3 Å². The highest BCUT2D eigenvalue weighted by atomic mass is 35.5. The SMILES string of the molecule is CC(CN)c1nc2cc(Cl)ccn2n1. The van der Waals surface area contributed by atoms with E-state index in [0.29, 0.717) is 11.6 Å². The number of halogens is 1. The predicted octanol–water partition coefficient (Wildman–Crippen LogP) is 1.44. The van der Waals surface area contributed by atoms with Crippen molar-refractivity contribution in [1.29, 1.82) is 0 Å². The number of pyridine rings is 1. The van der Waals surface area contributed by atoms with Crippen LogP contribution in [0.3, 0.4) is 0 Å². The Balaban J connectivity index is 2.51. The van der Waals surface area contributed by atoms with Gasteiger partial charge in [0.05, 0.1) is 0 Å². The molecule has 0 aliphatic heterocycles. The van der Waals surface area contributed by atoms with Gasteiger partial charge in [0.2, 0.25) is 0 Å². The first-order valence-electron chi connectivity index (χ1n) is 4.42. The minimum atomic E-state index is 0.175. The molecule has 0 saturated carbocycles. The lowest BCUT2D eigenvalue weighted by Crippen LogP contribution is -2.10. The van der Waals surface area contributed by atoms with Gasteiger partial charge in [0, 0.05) is 29.7 Å². The van der Waals surface area contributed by atoms with Crippen LogP contribution < -0.4 is 5.73 Å². The number of hydrogen-bond donors (Lipinski definition) is 1.